The van der Waals surface area contributed by atoms with Crippen LogP contribution in [-0.4, -0.2) is 40.1 Å². The third-order valence-corrected chi connectivity index (χ3v) is 6.20. The molecule has 1 aliphatic heterocycles. The number of phenols is 3. The minimum absolute atomic E-state index is 0.0309. The van der Waals surface area contributed by atoms with Crippen LogP contribution in [0.1, 0.15) is 23.5 Å². The number of fused-ring (bicyclic) bond motifs is 3. The van der Waals surface area contributed by atoms with Crippen LogP contribution in [0.15, 0.2) is 51.7 Å². The van der Waals surface area contributed by atoms with E-state index in [4.69, 9.17) is 25.1 Å². The van der Waals surface area contributed by atoms with Crippen molar-refractivity contribution in [3.63, 3.8) is 0 Å². The fraction of sp³-hybridized carbons (Fsp3) is 0.143. The number of terminal acetylenes is 1. The minimum atomic E-state index is -0.947. The van der Waals surface area contributed by atoms with Gasteiger partial charge in [0.2, 0.25) is 11.2 Å². The van der Waals surface area contributed by atoms with Gasteiger partial charge in [-0.25, -0.2) is 0 Å². The van der Waals surface area contributed by atoms with Gasteiger partial charge in [0.15, 0.2) is 28.8 Å². The lowest BCUT2D eigenvalue weighted by molar-refractivity contribution is -0.135. The smallest absolute Gasteiger partial charge is 0.312 e. The number of aromatic hydroxyl groups is 4. The van der Waals surface area contributed by atoms with Crippen LogP contribution in [0.5, 0.6) is 40.2 Å². The number of hydrogen-bond acceptors (Lipinski definition) is 10. The lowest BCUT2D eigenvalue weighted by Crippen LogP contribution is -2.22. The molecule has 38 heavy (non-hydrogen) atoms. The molecule has 0 saturated carbocycles. The zero-order chi connectivity index (χ0) is 27.1. The van der Waals surface area contributed by atoms with Crippen molar-refractivity contribution >= 4 is 16.9 Å². The summed E-state index contributed by atoms with van der Waals surface area (Å²) >= 11 is 0. The summed E-state index contributed by atoms with van der Waals surface area (Å²) in [5, 5.41) is 40.6. The monoisotopic (exact) mass is 516 g/mol. The first-order valence-electron chi connectivity index (χ1n) is 11.3. The van der Waals surface area contributed by atoms with Gasteiger partial charge in [-0.2, -0.15) is 0 Å². The third-order valence-electron chi connectivity index (χ3n) is 6.20. The number of esters is 1. The Bertz CT molecular complexity index is 1710. The number of hydrogen-bond donors (Lipinski definition) is 4. The highest BCUT2D eigenvalue weighted by Gasteiger charge is 2.35. The standard InChI is InChI=1S/C28H20O10/c1-3-8-36-20-10-13(5-7-19(20)35-2)15-11-22(32)37-21-12-18(31)24-25(33)26(34)27(38-28(24)23(15)21)14-4-6-16(29)17(30)9-14/h1,4-7,9-10,12,15,29-31,34H,8,11H2,2H3/t15-/m0/s1. The summed E-state index contributed by atoms with van der Waals surface area (Å²) < 4.78 is 22.3. The van der Waals surface area contributed by atoms with Crippen LogP contribution in [0.4, 0.5) is 0 Å². The van der Waals surface area contributed by atoms with Crippen LogP contribution in [-0.2, 0) is 4.79 Å². The highest BCUT2D eigenvalue weighted by atomic mass is 16.5. The third kappa shape index (κ3) is 3.96. The second-order valence-electron chi connectivity index (χ2n) is 8.46. The summed E-state index contributed by atoms with van der Waals surface area (Å²) in [4.78, 5) is 25.7. The van der Waals surface area contributed by atoms with Gasteiger partial charge in [0.25, 0.3) is 0 Å². The van der Waals surface area contributed by atoms with Crippen molar-refractivity contribution in [2.45, 2.75) is 12.3 Å². The average Bonchev–Trinajstić information content (AvgIpc) is 2.90. The first-order valence-corrected chi connectivity index (χ1v) is 11.3. The maximum Gasteiger partial charge on any atom is 0.312 e. The molecule has 2 heterocycles. The van der Waals surface area contributed by atoms with Crippen LogP contribution in [0, 0.1) is 12.3 Å². The molecular weight excluding hydrogens is 496 g/mol. The van der Waals surface area contributed by atoms with Crippen LogP contribution in [0.2, 0.25) is 0 Å². The maximum absolute atomic E-state index is 13.2. The summed E-state index contributed by atoms with van der Waals surface area (Å²) in [6.07, 6.45) is 5.17. The molecule has 0 spiro atoms. The van der Waals surface area contributed by atoms with E-state index in [1.807, 2.05) is 0 Å². The molecule has 1 atom stereocenters. The zero-order valence-electron chi connectivity index (χ0n) is 19.8. The van der Waals surface area contributed by atoms with E-state index in [0.29, 0.717) is 17.1 Å². The number of benzene rings is 3. The van der Waals surface area contributed by atoms with Crippen LogP contribution in [0.25, 0.3) is 22.3 Å². The summed E-state index contributed by atoms with van der Waals surface area (Å²) in [6.45, 7) is -0.0309. The highest BCUT2D eigenvalue weighted by molar-refractivity contribution is 5.94. The molecule has 192 valence electrons. The zero-order valence-corrected chi connectivity index (χ0v) is 19.8. The Morgan fingerprint density at radius 1 is 1.00 bits per heavy atom. The number of methoxy groups -OCH3 is 1. The van der Waals surface area contributed by atoms with E-state index >= 15 is 0 Å². The number of rotatable bonds is 5. The molecule has 0 aliphatic carbocycles. The SMILES string of the molecule is C#CCOc1cc([C@@H]2CC(=O)Oc3cc(O)c4c(=O)c(O)c(-c5ccc(O)c(O)c5)oc4c32)ccc1OC. The fourth-order valence-corrected chi connectivity index (χ4v) is 4.47. The number of carbonyl (C=O) groups is 1. The van der Waals surface area contributed by atoms with Crippen molar-refractivity contribution < 1.29 is 43.8 Å². The lowest BCUT2D eigenvalue weighted by atomic mass is 9.85. The Morgan fingerprint density at radius 2 is 1.79 bits per heavy atom. The maximum atomic E-state index is 13.2. The van der Waals surface area contributed by atoms with Gasteiger partial charge >= 0.3 is 5.97 Å². The van der Waals surface area contributed by atoms with Gasteiger partial charge in [-0.15, -0.1) is 6.42 Å². The van der Waals surface area contributed by atoms with Gasteiger partial charge in [0, 0.05) is 23.1 Å². The molecule has 10 heteroatoms. The van der Waals surface area contributed by atoms with Crippen molar-refractivity contribution in [2.75, 3.05) is 13.7 Å². The molecule has 0 fully saturated rings. The van der Waals surface area contributed by atoms with Gasteiger partial charge < -0.3 is 39.1 Å². The fourth-order valence-electron chi connectivity index (χ4n) is 4.47. The van der Waals surface area contributed by atoms with Crippen molar-refractivity contribution in [3.05, 3.63) is 63.8 Å². The Kier molecular flexibility index (Phi) is 5.97. The molecule has 0 saturated heterocycles. The molecule has 1 aromatic heterocycles. The molecule has 0 amide bonds. The molecule has 10 nitrogen and oxygen atoms in total. The van der Waals surface area contributed by atoms with Crippen LogP contribution >= 0.6 is 0 Å². The van der Waals surface area contributed by atoms with E-state index in [2.05, 4.69) is 5.92 Å². The molecule has 0 radical (unpaired) electrons. The summed E-state index contributed by atoms with van der Waals surface area (Å²) in [7, 11) is 1.46. The van der Waals surface area contributed by atoms with Crippen molar-refractivity contribution in [2.24, 2.45) is 0 Å². The van der Waals surface area contributed by atoms with E-state index in [-0.39, 0.29) is 46.6 Å². The topological polar surface area (TPSA) is 156 Å². The molecule has 5 rings (SSSR count). The molecular formula is C28H20O10. The minimum Gasteiger partial charge on any atom is -0.507 e. The Balaban J connectivity index is 1.79. The van der Waals surface area contributed by atoms with Gasteiger partial charge in [0.1, 0.15) is 29.1 Å². The summed E-state index contributed by atoms with van der Waals surface area (Å²) in [6, 6.07) is 9.67. The number of phenolic OH excluding ortho intramolecular Hbond substituents is 3. The predicted molar refractivity (Wildman–Crippen MR) is 134 cm³/mol. The van der Waals surface area contributed by atoms with Gasteiger partial charge in [0.05, 0.1) is 13.5 Å². The van der Waals surface area contributed by atoms with E-state index in [0.717, 1.165) is 18.2 Å². The molecule has 0 unspecified atom stereocenters. The van der Waals surface area contributed by atoms with Crippen LogP contribution in [0.3, 0.4) is 0 Å². The number of carbonyl (C=O) groups excluding carboxylic acids is 1. The van der Waals surface area contributed by atoms with Gasteiger partial charge in [-0.05, 0) is 35.9 Å². The summed E-state index contributed by atoms with van der Waals surface area (Å²) in [5.74, 6) is -0.877. The Labute approximate surface area is 214 Å². The first-order chi connectivity index (χ1) is 18.2. The van der Waals surface area contributed by atoms with E-state index < -0.39 is 40.3 Å². The normalized spacial score (nSPS) is 14.4. The summed E-state index contributed by atoms with van der Waals surface area (Å²) in [5.41, 5.74) is -0.163. The highest BCUT2D eigenvalue weighted by Crippen LogP contribution is 2.48. The average molecular weight is 516 g/mol. The number of ether oxygens (including phenoxy) is 3. The quantitative estimate of drug-likeness (QED) is 0.133. The molecule has 0 bridgehead atoms. The van der Waals surface area contributed by atoms with E-state index in [9.17, 15) is 30.0 Å². The first kappa shape index (κ1) is 24.4. The largest absolute Gasteiger partial charge is 0.507 e. The molecule has 1 aliphatic rings. The van der Waals surface area contributed by atoms with Gasteiger partial charge in [-0.1, -0.05) is 12.0 Å². The second kappa shape index (κ2) is 9.29. The molecule has 3 aromatic carbocycles. The Hall–Kier alpha value is -5.30. The molecule has 4 aromatic rings. The van der Waals surface area contributed by atoms with E-state index in [1.165, 1.54) is 13.2 Å². The van der Waals surface area contributed by atoms with Crippen molar-refractivity contribution in [3.8, 4) is 63.9 Å². The van der Waals surface area contributed by atoms with Crippen molar-refractivity contribution in [1.82, 2.24) is 0 Å². The lowest BCUT2D eigenvalue weighted by Gasteiger charge is -2.26. The van der Waals surface area contributed by atoms with Crippen LogP contribution < -0.4 is 19.6 Å². The van der Waals surface area contributed by atoms with Crippen molar-refractivity contribution in [1.29, 1.82) is 0 Å². The second-order valence-corrected chi connectivity index (χ2v) is 8.46. The Morgan fingerprint density at radius 3 is 2.50 bits per heavy atom. The predicted octanol–water partition coefficient (Wildman–Crippen LogP) is 3.74. The van der Waals surface area contributed by atoms with Gasteiger partial charge in [-0.3, -0.25) is 9.59 Å². The van der Waals surface area contributed by atoms with E-state index in [1.54, 1.807) is 18.2 Å². The molecule has 4 N–H and O–H groups in total.